The second-order valence-corrected chi connectivity index (χ2v) is 5.94. The van der Waals surface area contributed by atoms with E-state index in [1.54, 1.807) is 0 Å². The highest BCUT2D eigenvalue weighted by molar-refractivity contribution is 5.84. The number of ether oxygens (including phenoxy) is 2. The largest absolute Gasteiger partial charge is 0.454 e. The minimum Gasteiger partial charge on any atom is -0.454 e. The van der Waals surface area contributed by atoms with Gasteiger partial charge in [-0.05, 0) is 37.8 Å². The van der Waals surface area contributed by atoms with E-state index in [4.69, 9.17) is 9.47 Å². The maximum absolute atomic E-state index is 12.5. The molecule has 21 heavy (non-hydrogen) atoms. The number of rotatable bonds is 3. The van der Waals surface area contributed by atoms with Crippen LogP contribution in [-0.2, 0) is 4.79 Å². The van der Waals surface area contributed by atoms with E-state index in [1.807, 2.05) is 30.0 Å². The number of nitrogens with one attached hydrogen (secondary N) is 1. The Hall–Kier alpha value is -1.91. The molecule has 3 rings (SSSR count). The molecule has 1 atom stereocenters. The van der Waals surface area contributed by atoms with Gasteiger partial charge in [-0.15, -0.1) is 0 Å². The first kappa shape index (κ1) is 14.0. The highest BCUT2D eigenvalue weighted by atomic mass is 16.7. The van der Waals surface area contributed by atoms with Crippen LogP contribution in [0.5, 0.6) is 11.5 Å². The lowest BCUT2D eigenvalue weighted by molar-refractivity contribution is -0.132. The van der Waals surface area contributed by atoms with Crippen LogP contribution in [0.3, 0.4) is 0 Å². The maximum Gasteiger partial charge on any atom is 0.244 e. The number of hydrogen-bond acceptors (Lipinski definition) is 4. The molecular formula is C16H22N2O3. The van der Waals surface area contributed by atoms with Gasteiger partial charge in [0.1, 0.15) is 6.04 Å². The second-order valence-electron chi connectivity index (χ2n) is 5.94. The molecule has 1 saturated heterocycles. The average Bonchev–Trinajstić information content (AvgIpc) is 2.95. The monoisotopic (exact) mass is 290 g/mol. The zero-order chi connectivity index (χ0) is 14.8. The number of hydrogen-bond donors (Lipinski definition) is 1. The molecule has 0 spiro atoms. The summed E-state index contributed by atoms with van der Waals surface area (Å²) in [6.07, 6.45) is 2.20. The zero-order valence-electron chi connectivity index (χ0n) is 12.6. The third-order valence-electron chi connectivity index (χ3n) is 4.22. The van der Waals surface area contributed by atoms with Crippen LogP contribution >= 0.6 is 0 Å². The molecule has 5 nitrogen and oxygen atoms in total. The molecule has 1 amide bonds. The summed E-state index contributed by atoms with van der Waals surface area (Å²) in [6.45, 7) is 6.15. The van der Waals surface area contributed by atoms with E-state index in [-0.39, 0.29) is 18.7 Å². The van der Waals surface area contributed by atoms with Crippen molar-refractivity contribution in [3.8, 4) is 11.5 Å². The quantitative estimate of drug-likeness (QED) is 0.929. The molecule has 5 heteroatoms. The zero-order valence-corrected chi connectivity index (χ0v) is 12.6. The smallest absolute Gasteiger partial charge is 0.244 e. The van der Waals surface area contributed by atoms with E-state index in [0.29, 0.717) is 0 Å². The SMILES string of the molecule is CC1CCN(C(=O)C(C)Nc2ccc3c(c2)OCO3)CC1. The highest BCUT2D eigenvalue weighted by Crippen LogP contribution is 2.34. The summed E-state index contributed by atoms with van der Waals surface area (Å²) in [5.74, 6) is 2.38. The molecule has 1 aromatic rings. The van der Waals surface area contributed by atoms with E-state index in [1.165, 1.54) is 0 Å². The molecule has 0 radical (unpaired) electrons. The van der Waals surface area contributed by atoms with Crippen molar-refractivity contribution in [2.45, 2.75) is 32.7 Å². The van der Waals surface area contributed by atoms with Gasteiger partial charge in [0, 0.05) is 24.8 Å². The van der Waals surface area contributed by atoms with Crippen LogP contribution in [0, 0.1) is 5.92 Å². The average molecular weight is 290 g/mol. The summed E-state index contributed by atoms with van der Waals surface area (Å²) < 4.78 is 10.6. The number of piperidine rings is 1. The lowest BCUT2D eigenvalue weighted by atomic mass is 9.99. The maximum atomic E-state index is 12.5. The third kappa shape index (κ3) is 3.06. The van der Waals surface area contributed by atoms with Gasteiger partial charge in [-0.1, -0.05) is 6.92 Å². The molecule has 2 heterocycles. The van der Waals surface area contributed by atoms with Gasteiger partial charge < -0.3 is 19.7 Å². The van der Waals surface area contributed by atoms with E-state index >= 15 is 0 Å². The van der Waals surface area contributed by atoms with Crippen molar-refractivity contribution in [1.29, 1.82) is 0 Å². The van der Waals surface area contributed by atoms with E-state index < -0.39 is 0 Å². The normalized spacial score (nSPS) is 19.4. The number of anilines is 1. The minimum absolute atomic E-state index is 0.166. The van der Waals surface area contributed by atoms with Crippen LogP contribution < -0.4 is 14.8 Å². The van der Waals surface area contributed by atoms with Gasteiger partial charge in [0.15, 0.2) is 11.5 Å². The third-order valence-corrected chi connectivity index (χ3v) is 4.22. The molecule has 0 aromatic heterocycles. The molecular weight excluding hydrogens is 268 g/mol. The molecule has 1 N–H and O–H groups in total. The van der Waals surface area contributed by atoms with E-state index in [2.05, 4.69) is 12.2 Å². The lowest BCUT2D eigenvalue weighted by Gasteiger charge is -2.32. The number of likely N-dealkylation sites (tertiary alicyclic amines) is 1. The molecule has 0 aliphatic carbocycles. The number of carbonyl (C=O) groups excluding carboxylic acids is 1. The Balaban J connectivity index is 1.60. The van der Waals surface area contributed by atoms with Crippen LogP contribution in [0.25, 0.3) is 0 Å². The van der Waals surface area contributed by atoms with Crippen molar-refractivity contribution in [2.75, 3.05) is 25.2 Å². The van der Waals surface area contributed by atoms with Gasteiger partial charge in [0.25, 0.3) is 0 Å². The first-order chi connectivity index (χ1) is 10.1. The molecule has 2 aliphatic rings. The number of nitrogens with zero attached hydrogens (tertiary/aromatic N) is 1. The van der Waals surface area contributed by atoms with Crippen LogP contribution in [0.1, 0.15) is 26.7 Å². The van der Waals surface area contributed by atoms with Crippen LogP contribution in [0.2, 0.25) is 0 Å². The summed E-state index contributed by atoms with van der Waals surface area (Å²) in [4.78, 5) is 14.4. The summed E-state index contributed by atoms with van der Waals surface area (Å²) in [6, 6.07) is 5.42. The number of fused-ring (bicyclic) bond motifs is 1. The Bertz CT molecular complexity index is 524. The Kier molecular flexibility index (Phi) is 3.90. The number of amides is 1. The predicted octanol–water partition coefficient (Wildman–Crippen LogP) is 2.47. The van der Waals surface area contributed by atoms with Crippen molar-refractivity contribution >= 4 is 11.6 Å². The molecule has 0 saturated carbocycles. The van der Waals surface area contributed by atoms with E-state index in [9.17, 15) is 4.79 Å². The molecule has 1 unspecified atom stereocenters. The molecule has 114 valence electrons. The van der Waals surface area contributed by atoms with Crippen molar-refractivity contribution in [3.63, 3.8) is 0 Å². The van der Waals surface area contributed by atoms with Crippen LogP contribution in [-0.4, -0.2) is 36.7 Å². The van der Waals surface area contributed by atoms with Crippen LogP contribution in [0.4, 0.5) is 5.69 Å². The summed E-state index contributed by atoms with van der Waals surface area (Å²) in [5.41, 5.74) is 0.880. The fraction of sp³-hybridized carbons (Fsp3) is 0.562. The molecule has 1 aromatic carbocycles. The van der Waals surface area contributed by atoms with Crippen molar-refractivity contribution in [2.24, 2.45) is 5.92 Å². The Morgan fingerprint density at radius 3 is 2.76 bits per heavy atom. The van der Waals surface area contributed by atoms with Gasteiger partial charge >= 0.3 is 0 Å². The molecule has 0 bridgehead atoms. The van der Waals surface area contributed by atoms with E-state index in [0.717, 1.165) is 49.0 Å². The van der Waals surface area contributed by atoms with Gasteiger partial charge in [-0.3, -0.25) is 4.79 Å². The summed E-state index contributed by atoms with van der Waals surface area (Å²) in [5, 5.41) is 3.25. The minimum atomic E-state index is -0.237. The summed E-state index contributed by atoms with van der Waals surface area (Å²) in [7, 11) is 0. The molecule has 2 aliphatic heterocycles. The first-order valence-corrected chi connectivity index (χ1v) is 7.58. The Morgan fingerprint density at radius 1 is 1.29 bits per heavy atom. The lowest BCUT2D eigenvalue weighted by Crippen LogP contribution is -2.45. The second kappa shape index (κ2) is 5.84. The van der Waals surface area contributed by atoms with Gasteiger partial charge in [-0.25, -0.2) is 0 Å². The molecule has 1 fully saturated rings. The first-order valence-electron chi connectivity index (χ1n) is 7.58. The Morgan fingerprint density at radius 2 is 2.00 bits per heavy atom. The summed E-state index contributed by atoms with van der Waals surface area (Å²) >= 11 is 0. The van der Waals surface area contributed by atoms with Gasteiger partial charge in [0.2, 0.25) is 12.7 Å². The van der Waals surface area contributed by atoms with Crippen molar-refractivity contribution < 1.29 is 14.3 Å². The Labute approximate surface area is 125 Å². The van der Waals surface area contributed by atoms with Gasteiger partial charge in [0.05, 0.1) is 0 Å². The van der Waals surface area contributed by atoms with Crippen molar-refractivity contribution in [3.05, 3.63) is 18.2 Å². The fourth-order valence-corrected chi connectivity index (χ4v) is 2.80. The predicted molar refractivity (Wildman–Crippen MR) is 80.6 cm³/mol. The van der Waals surface area contributed by atoms with Gasteiger partial charge in [-0.2, -0.15) is 0 Å². The standard InChI is InChI=1S/C16H22N2O3/c1-11-5-7-18(8-6-11)16(19)12(2)17-13-3-4-14-15(9-13)21-10-20-14/h3-4,9,11-12,17H,5-8,10H2,1-2H3. The topological polar surface area (TPSA) is 50.8 Å². The number of carbonyl (C=O) groups is 1. The van der Waals surface area contributed by atoms with Crippen molar-refractivity contribution in [1.82, 2.24) is 4.90 Å². The number of benzene rings is 1. The van der Waals surface area contributed by atoms with Crippen LogP contribution in [0.15, 0.2) is 18.2 Å². The highest BCUT2D eigenvalue weighted by Gasteiger charge is 2.24. The fourth-order valence-electron chi connectivity index (χ4n) is 2.80.